The lowest BCUT2D eigenvalue weighted by Crippen LogP contribution is -2.57. The standard InChI is InChI=1S/C19H27FN4O2/c1-23(2)10-11-24-17(25)19(22-18(24)26,15-6-8-21-9-7-15)13-14-4-3-5-16(20)12-14/h3-5,12,15,21H,6-11,13H2,1-2H3,(H,22,26). The number of rotatable bonds is 6. The number of benzene rings is 1. The molecule has 1 aromatic carbocycles. The summed E-state index contributed by atoms with van der Waals surface area (Å²) in [5.41, 5.74) is -0.258. The smallest absolute Gasteiger partial charge is 0.322 e. The molecule has 2 heterocycles. The van der Waals surface area contributed by atoms with Gasteiger partial charge >= 0.3 is 6.03 Å². The Morgan fingerprint density at radius 1 is 1.27 bits per heavy atom. The lowest BCUT2D eigenvalue weighted by molar-refractivity contribution is -0.133. The molecule has 6 nitrogen and oxygen atoms in total. The molecule has 0 spiro atoms. The second kappa shape index (κ2) is 7.72. The van der Waals surface area contributed by atoms with Gasteiger partial charge in [0.05, 0.1) is 0 Å². The Labute approximate surface area is 153 Å². The predicted molar refractivity (Wildman–Crippen MR) is 97.2 cm³/mol. The normalized spacial score (nSPS) is 24.4. The minimum absolute atomic E-state index is 0.0350. The van der Waals surface area contributed by atoms with Crippen molar-refractivity contribution < 1.29 is 14.0 Å². The van der Waals surface area contributed by atoms with Crippen molar-refractivity contribution in [2.24, 2.45) is 5.92 Å². The Hall–Kier alpha value is -1.99. The van der Waals surface area contributed by atoms with E-state index in [0.29, 0.717) is 19.5 Å². The van der Waals surface area contributed by atoms with Crippen molar-refractivity contribution in [3.05, 3.63) is 35.6 Å². The van der Waals surface area contributed by atoms with E-state index in [4.69, 9.17) is 0 Å². The van der Waals surface area contributed by atoms with Crippen LogP contribution < -0.4 is 10.6 Å². The minimum atomic E-state index is -0.987. The number of halogens is 1. The molecule has 1 aromatic rings. The van der Waals surface area contributed by atoms with Crippen molar-refractivity contribution in [3.63, 3.8) is 0 Å². The molecule has 1 unspecified atom stereocenters. The zero-order valence-corrected chi connectivity index (χ0v) is 15.4. The van der Waals surface area contributed by atoms with Gasteiger partial charge in [-0.25, -0.2) is 9.18 Å². The molecule has 0 radical (unpaired) electrons. The molecule has 2 saturated heterocycles. The lowest BCUT2D eigenvalue weighted by Gasteiger charge is -2.38. The first-order valence-electron chi connectivity index (χ1n) is 9.16. The number of amides is 3. The summed E-state index contributed by atoms with van der Waals surface area (Å²) in [6, 6.07) is 5.95. The Balaban J connectivity index is 1.90. The van der Waals surface area contributed by atoms with E-state index in [9.17, 15) is 14.0 Å². The highest BCUT2D eigenvalue weighted by Gasteiger charge is 2.55. The van der Waals surface area contributed by atoms with Crippen LogP contribution in [0.25, 0.3) is 0 Å². The monoisotopic (exact) mass is 362 g/mol. The average molecular weight is 362 g/mol. The van der Waals surface area contributed by atoms with Crippen LogP contribution in [-0.2, 0) is 11.2 Å². The van der Waals surface area contributed by atoms with Gasteiger partial charge in [-0.3, -0.25) is 9.69 Å². The van der Waals surface area contributed by atoms with Gasteiger partial charge in [-0.1, -0.05) is 12.1 Å². The van der Waals surface area contributed by atoms with E-state index in [2.05, 4.69) is 10.6 Å². The van der Waals surface area contributed by atoms with E-state index in [-0.39, 0.29) is 23.7 Å². The molecule has 0 aromatic heterocycles. The first kappa shape index (κ1) is 18.8. The molecule has 0 saturated carbocycles. The third-order valence-electron chi connectivity index (χ3n) is 5.38. The van der Waals surface area contributed by atoms with E-state index in [1.54, 1.807) is 6.07 Å². The number of likely N-dealkylation sites (N-methyl/N-ethyl adjacent to an activating group) is 1. The van der Waals surface area contributed by atoms with Crippen LogP contribution in [0.4, 0.5) is 9.18 Å². The van der Waals surface area contributed by atoms with Crippen molar-refractivity contribution in [3.8, 4) is 0 Å². The third-order valence-corrected chi connectivity index (χ3v) is 5.38. The quantitative estimate of drug-likeness (QED) is 0.747. The Kier molecular flexibility index (Phi) is 5.58. The summed E-state index contributed by atoms with van der Waals surface area (Å²) in [4.78, 5) is 29.2. The molecule has 3 rings (SSSR count). The van der Waals surface area contributed by atoms with E-state index in [1.165, 1.54) is 17.0 Å². The Bertz CT molecular complexity index is 675. The van der Waals surface area contributed by atoms with Crippen LogP contribution in [0, 0.1) is 11.7 Å². The number of nitrogens with one attached hydrogen (secondary N) is 2. The van der Waals surface area contributed by atoms with E-state index in [1.807, 2.05) is 25.1 Å². The van der Waals surface area contributed by atoms with Crippen LogP contribution in [-0.4, -0.2) is 67.6 Å². The van der Waals surface area contributed by atoms with Gasteiger partial charge in [0.1, 0.15) is 11.4 Å². The van der Waals surface area contributed by atoms with Crippen LogP contribution in [0.15, 0.2) is 24.3 Å². The fourth-order valence-electron chi connectivity index (χ4n) is 3.97. The molecule has 2 fully saturated rings. The number of hydrogen-bond donors (Lipinski definition) is 2. The maximum Gasteiger partial charge on any atom is 0.325 e. The van der Waals surface area contributed by atoms with Crippen molar-refractivity contribution in [2.75, 3.05) is 40.3 Å². The molecule has 2 N–H and O–H groups in total. The molecule has 2 aliphatic heterocycles. The van der Waals surface area contributed by atoms with E-state index < -0.39 is 5.54 Å². The van der Waals surface area contributed by atoms with Gasteiger partial charge in [-0.2, -0.15) is 0 Å². The van der Waals surface area contributed by atoms with E-state index in [0.717, 1.165) is 31.5 Å². The van der Waals surface area contributed by atoms with Crippen molar-refractivity contribution >= 4 is 11.9 Å². The Morgan fingerprint density at radius 2 is 2.00 bits per heavy atom. The highest BCUT2D eigenvalue weighted by atomic mass is 19.1. The van der Waals surface area contributed by atoms with Gasteiger partial charge in [-0.05, 0) is 63.6 Å². The molecule has 26 heavy (non-hydrogen) atoms. The molecular formula is C19H27FN4O2. The van der Waals surface area contributed by atoms with Crippen molar-refractivity contribution in [1.82, 2.24) is 20.4 Å². The average Bonchev–Trinajstić information content (AvgIpc) is 2.85. The van der Waals surface area contributed by atoms with Crippen LogP contribution >= 0.6 is 0 Å². The lowest BCUT2D eigenvalue weighted by atomic mass is 9.74. The van der Waals surface area contributed by atoms with Gasteiger partial charge < -0.3 is 15.5 Å². The molecule has 0 bridgehead atoms. The minimum Gasteiger partial charge on any atom is -0.322 e. The van der Waals surface area contributed by atoms with Gasteiger partial charge in [0.15, 0.2) is 0 Å². The summed E-state index contributed by atoms with van der Waals surface area (Å²) in [6.07, 6.45) is 1.93. The first-order chi connectivity index (χ1) is 12.4. The fraction of sp³-hybridized carbons (Fsp3) is 0.579. The third kappa shape index (κ3) is 3.73. The zero-order chi connectivity index (χ0) is 18.7. The van der Waals surface area contributed by atoms with Gasteiger partial charge in [0.25, 0.3) is 5.91 Å². The second-order valence-corrected chi connectivity index (χ2v) is 7.49. The van der Waals surface area contributed by atoms with Crippen LogP contribution in [0.1, 0.15) is 18.4 Å². The maximum atomic E-state index is 13.7. The number of urea groups is 1. The molecule has 7 heteroatoms. The summed E-state index contributed by atoms with van der Waals surface area (Å²) in [5.74, 6) is -0.475. The number of imide groups is 1. The highest BCUT2D eigenvalue weighted by molar-refractivity contribution is 6.07. The second-order valence-electron chi connectivity index (χ2n) is 7.49. The summed E-state index contributed by atoms with van der Waals surface area (Å²) in [7, 11) is 3.82. The molecule has 142 valence electrons. The topological polar surface area (TPSA) is 64.7 Å². The summed E-state index contributed by atoms with van der Waals surface area (Å²) in [6.45, 7) is 2.60. The SMILES string of the molecule is CN(C)CCN1C(=O)NC(Cc2cccc(F)c2)(C2CCNCC2)C1=O. The van der Waals surface area contributed by atoms with Gasteiger partial charge in [-0.15, -0.1) is 0 Å². The summed E-state index contributed by atoms with van der Waals surface area (Å²) < 4.78 is 13.7. The predicted octanol–water partition coefficient (Wildman–Crippen LogP) is 1.22. The number of nitrogens with zero attached hydrogens (tertiary/aromatic N) is 2. The number of carbonyl (C=O) groups excluding carboxylic acids is 2. The molecule has 2 aliphatic rings. The fourth-order valence-corrected chi connectivity index (χ4v) is 3.97. The molecule has 1 atom stereocenters. The number of carbonyl (C=O) groups is 2. The van der Waals surface area contributed by atoms with Crippen molar-refractivity contribution in [1.29, 1.82) is 0 Å². The van der Waals surface area contributed by atoms with Crippen LogP contribution in [0.3, 0.4) is 0 Å². The first-order valence-corrected chi connectivity index (χ1v) is 9.16. The van der Waals surface area contributed by atoms with Crippen molar-refractivity contribution in [2.45, 2.75) is 24.8 Å². The van der Waals surface area contributed by atoms with Gasteiger partial charge in [0.2, 0.25) is 0 Å². The molecular weight excluding hydrogens is 335 g/mol. The van der Waals surface area contributed by atoms with Crippen LogP contribution in [0.2, 0.25) is 0 Å². The number of hydrogen-bond acceptors (Lipinski definition) is 4. The van der Waals surface area contributed by atoms with Gasteiger partial charge in [0, 0.05) is 19.5 Å². The maximum absolute atomic E-state index is 13.7. The van der Waals surface area contributed by atoms with E-state index >= 15 is 0 Å². The zero-order valence-electron chi connectivity index (χ0n) is 15.4. The summed E-state index contributed by atoms with van der Waals surface area (Å²) >= 11 is 0. The molecule has 3 amide bonds. The highest BCUT2D eigenvalue weighted by Crippen LogP contribution is 2.35. The van der Waals surface area contributed by atoms with Crippen LogP contribution in [0.5, 0.6) is 0 Å². The Morgan fingerprint density at radius 3 is 2.65 bits per heavy atom. The summed E-state index contributed by atoms with van der Waals surface area (Å²) in [5, 5.41) is 6.30. The number of piperidine rings is 1. The largest absolute Gasteiger partial charge is 0.325 e. The molecule has 0 aliphatic carbocycles.